The molecule has 2 rings (SSSR count). The lowest BCUT2D eigenvalue weighted by Gasteiger charge is -2.08. The lowest BCUT2D eigenvalue weighted by molar-refractivity contribution is 0.103. The van der Waals surface area contributed by atoms with Crippen molar-refractivity contribution in [3.8, 4) is 0 Å². The van der Waals surface area contributed by atoms with Crippen molar-refractivity contribution in [2.45, 2.75) is 6.92 Å². The van der Waals surface area contributed by atoms with E-state index in [1.807, 2.05) is 0 Å². The van der Waals surface area contributed by atoms with E-state index in [2.05, 4.69) is 0 Å². The third-order valence-corrected chi connectivity index (χ3v) is 3.36. The molecule has 0 aliphatic carbocycles. The molecule has 5 nitrogen and oxygen atoms in total. The Hall–Kier alpha value is -2.14. The predicted octanol–water partition coefficient (Wildman–Crippen LogP) is 1.28. The van der Waals surface area contributed by atoms with Crippen molar-refractivity contribution in [2.24, 2.45) is 14.1 Å². The summed E-state index contributed by atoms with van der Waals surface area (Å²) in [5.74, 6) is -0.421. The average molecular weight is 293 g/mol. The minimum atomic E-state index is -0.604. The van der Waals surface area contributed by atoms with Gasteiger partial charge in [-0.3, -0.25) is 14.2 Å². The Labute approximate surface area is 120 Å². The Morgan fingerprint density at radius 3 is 2.40 bits per heavy atom. The van der Waals surface area contributed by atoms with Gasteiger partial charge in [-0.25, -0.2) is 4.79 Å². The van der Waals surface area contributed by atoms with Crippen molar-refractivity contribution in [3.05, 3.63) is 66.9 Å². The van der Waals surface area contributed by atoms with Crippen molar-refractivity contribution in [3.63, 3.8) is 0 Å². The standard InChI is InChI=1S/C14H13ClN2O3/c1-8-6-9(15)4-5-10(8)12(18)11-7-16(2)14(20)17(3)13(11)19/h4-7H,1-3H3. The van der Waals surface area contributed by atoms with Crippen LogP contribution in [-0.4, -0.2) is 14.9 Å². The van der Waals surface area contributed by atoms with Gasteiger partial charge in [-0.05, 0) is 30.7 Å². The Kier molecular flexibility index (Phi) is 3.63. The van der Waals surface area contributed by atoms with Crippen LogP contribution >= 0.6 is 11.6 Å². The number of rotatable bonds is 2. The number of aromatic nitrogens is 2. The summed E-state index contributed by atoms with van der Waals surface area (Å²) in [5.41, 5.74) is -0.0459. The lowest BCUT2D eigenvalue weighted by Crippen LogP contribution is -2.39. The van der Waals surface area contributed by atoms with Crippen LogP contribution in [0.1, 0.15) is 21.5 Å². The van der Waals surface area contributed by atoms with E-state index in [-0.39, 0.29) is 5.56 Å². The number of hydrogen-bond donors (Lipinski definition) is 0. The van der Waals surface area contributed by atoms with Crippen molar-refractivity contribution < 1.29 is 4.79 Å². The number of hydrogen-bond acceptors (Lipinski definition) is 3. The first-order valence-corrected chi connectivity index (χ1v) is 6.28. The third-order valence-electron chi connectivity index (χ3n) is 3.12. The number of ketones is 1. The van der Waals surface area contributed by atoms with Gasteiger partial charge in [0.1, 0.15) is 5.56 Å². The van der Waals surface area contributed by atoms with E-state index in [1.165, 1.54) is 24.9 Å². The summed E-state index contributed by atoms with van der Waals surface area (Å²) >= 11 is 5.85. The molecule has 6 heteroatoms. The average Bonchev–Trinajstić information content (AvgIpc) is 2.40. The summed E-state index contributed by atoms with van der Waals surface area (Å²) in [6.07, 6.45) is 1.26. The fraction of sp³-hybridized carbons (Fsp3) is 0.214. The van der Waals surface area contributed by atoms with Crippen LogP contribution in [0.5, 0.6) is 0 Å². The highest BCUT2D eigenvalue weighted by Gasteiger charge is 2.18. The minimum Gasteiger partial charge on any atom is -0.303 e. The highest BCUT2D eigenvalue weighted by atomic mass is 35.5. The third kappa shape index (κ3) is 2.32. The minimum absolute atomic E-state index is 0.0416. The van der Waals surface area contributed by atoms with E-state index in [4.69, 9.17) is 11.6 Å². The largest absolute Gasteiger partial charge is 0.330 e. The van der Waals surface area contributed by atoms with Gasteiger partial charge < -0.3 is 4.57 Å². The second kappa shape index (κ2) is 5.09. The monoisotopic (exact) mass is 292 g/mol. The molecule has 0 bridgehead atoms. The maximum atomic E-state index is 12.4. The number of carbonyl (C=O) groups excluding carboxylic acids is 1. The summed E-state index contributed by atoms with van der Waals surface area (Å²) in [5, 5.41) is 0.521. The van der Waals surface area contributed by atoms with Crippen molar-refractivity contribution in [1.82, 2.24) is 9.13 Å². The van der Waals surface area contributed by atoms with Crippen LogP contribution in [0.15, 0.2) is 34.0 Å². The molecule has 0 amide bonds. The topological polar surface area (TPSA) is 61.1 Å². The fourth-order valence-electron chi connectivity index (χ4n) is 1.99. The molecular formula is C14H13ClN2O3. The van der Waals surface area contributed by atoms with Gasteiger partial charge in [0.25, 0.3) is 5.56 Å². The molecule has 104 valence electrons. The number of carbonyl (C=O) groups is 1. The maximum absolute atomic E-state index is 12.4. The van der Waals surface area contributed by atoms with Gasteiger partial charge >= 0.3 is 5.69 Å². The molecule has 0 saturated carbocycles. The molecule has 0 radical (unpaired) electrons. The summed E-state index contributed by atoms with van der Waals surface area (Å²) in [4.78, 5) is 36.1. The first-order chi connectivity index (χ1) is 9.32. The second-order valence-electron chi connectivity index (χ2n) is 4.59. The van der Waals surface area contributed by atoms with Crippen LogP contribution < -0.4 is 11.2 Å². The molecule has 0 N–H and O–H groups in total. The van der Waals surface area contributed by atoms with Gasteiger partial charge in [-0.1, -0.05) is 11.6 Å². The molecule has 20 heavy (non-hydrogen) atoms. The zero-order valence-electron chi connectivity index (χ0n) is 11.3. The second-order valence-corrected chi connectivity index (χ2v) is 5.03. The molecule has 0 spiro atoms. The van der Waals surface area contributed by atoms with E-state index in [0.29, 0.717) is 16.1 Å². The van der Waals surface area contributed by atoms with E-state index >= 15 is 0 Å². The maximum Gasteiger partial charge on any atom is 0.330 e. The number of benzene rings is 1. The molecule has 1 aromatic carbocycles. The summed E-state index contributed by atoms with van der Waals surface area (Å²) in [6.45, 7) is 1.74. The summed E-state index contributed by atoms with van der Waals surface area (Å²) in [7, 11) is 2.84. The summed E-state index contributed by atoms with van der Waals surface area (Å²) in [6, 6.07) is 4.82. The van der Waals surface area contributed by atoms with E-state index in [1.54, 1.807) is 25.1 Å². The first kappa shape index (κ1) is 14.3. The fourth-order valence-corrected chi connectivity index (χ4v) is 2.22. The lowest BCUT2D eigenvalue weighted by atomic mass is 10.0. The molecule has 1 aromatic heterocycles. The van der Waals surface area contributed by atoms with Gasteiger partial charge in [-0.15, -0.1) is 0 Å². The zero-order valence-corrected chi connectivity index (χ0v) is 12.1. The predicted molar refractivity (Wildman–Crippen MR) is 76.5 cm³/mol. The number of nitrogens with zero attached hydrogens (tertiary/aromatic N) is 2. The molecule has 0 saturated heterocycles. The Morgan fingerprint density at radius 1 is 1.15 bits per heavy atom. The number of aryl methyl sites for hydroxylation is 2. The quantitative estimate of drug-likeness (QED) is 0.783. The van der Waals surface area contributed by atoms with E-state index in [0.717, 1.165) is 4.57 Å². The highest BCUT2D eigenvalue weighted by Crippen LogP contribution is 2.17. The van der Waals surface area contributed by atoms with Gasteiger partial charge in [0.15, 0.2) is 5.78 Å². The molecular weight excluding hydrogens is 280 g/mol. The first-order valence-electron chi connectivity index (χ1n) is 5.90. The van der Waals surface area contributed by atoms with Crippen molar-refractivity contribution in [2.75, 3.05) is 0 Å². The summed E-state index contributed by atoms with van der Waals surface area (Å²) < 4.78 is 2.12. The molecule has 0 unspecified atom stereocenters. The zero-order chi connectivity index (χ0) is 15.0. The van der Waals surface area contributed by atoms with E-state index < -0.39 is 17.0 Å². The molecule has 2 aromatic rings. The van der Waals surface area contributed by atoms with Gasteiger partial charge in [0.05, 0.1) is 0 Å². The highest BCUT2D eigenvalue weighted by molar-refractivity contribution is 6.30. The molecule has 1 heterocycles. The smallest absolute Gasteiger partial charge is 0.303 e. The van der Waals surface area contributed by atoms with Crippen LogP contribution in [0.3, 0.4) is 0 Å². The Balaban J connectivity index is 2.66. The molecule has 0 aliphatic heterocycles. The normalized spacial score (nSPS) is 10.6. The Morgan fingerprint density at radius 2 is 1.80 bits per heavy atom. The number of halogens is 1. The van der Waals surface area contributed by atoms with Gasteiger partial charge in [0, 0.05) is 30.9 Å². The van der Waals surface area contributed by atoms with Gasteiger partial charge in [-0.2, -0.15) is 0 Å². The molecule has 0 aliphatic rings. The molecule has 0 atom stereocenters. The van der Waals surface area contributed by atoms with Crippen LogP contribution in [0.2, 0.25) is 5.02 Å². The van der Waals surface area contributed by atoms with Crippen LogP contribution in [0.25, 0.3) is 0 Å². The van der Waals surface area contributed by atoms with Crippen molar-refractivity contribution in [1.29, 1.82) is 0 Å². The van der Waals surface area contributed by atoms with Crippen LogP contribution in [-0.2, 0) is 14.1 Å². The van der Waals surface area contributed by atoms with Gasteiger partial charge in [0.2, 0.25) is 0 Å². The van der Waals surface area contributed by atoms with Crippen molar-refractivity contribution >= 4 is 17.4 Å². The van der Waals surface area contributed by atoms with E-state index in [9.17, 15) is 14.4 Å². The SMILES string of the molecule is Cc1cc(Cl)ccc1C(=O)c1cn(C)c(=O)n(C)c1=O. The Bertz CT molecular complexity index is 818. The van der Waals surface area contributed by atoms with Crippen LogP contribution in [0.4, 0.5) is 0 Å². The molecule has 0 fully saturated rings. The van der Waals surface area contributed by atoms with Crippen LogP contribution in [0, 0.1) is 6.92 Å².